The average Bonchev–Trinajstić information content (AvgIpc) is 1.78. The molecule has 0 saturated carbocycles. The monoisotopic (exact) mass is 187 g/mol. The van der Waals surface area contributed by atoms with Gasteiger partial charge in [0.1, 0.15) is 0 Å². The van der Waals surface area contributed by atoms with Crippen LogP contribution in [0.3, 0.4) is 0 Å². The number of thiocarbonyl (C=S) groups is 1. The lowest BCUT2D eigenvalue weighted by Crippen LogP contribution is -2.02. The van der Waals surface area contributed by atoms with Crippen molar-refractivity contribution in [1.82, 2.24) is 0 Å². The second-order valence-electron chi connectivity index (χ2n) is 1.27. The van der Waals surface area contributed by atoms with Crippen molar-refractivity contribution >= 4 is 29.1 Å². The molecule has 0 atom stereocenters. The molecule has 0 radical (unpaired) electrons. The molecule has 1 nitrogen and oxygen atoms in total. The summed E-state index contributed by atoms with van der Waals surface area (Å²) in [4.78, 5) is 3.32. The molecule has 0 aliphatic rings. The molecule has 0 fully saturated rings. The van der Waals surface area contributed by atoms with Crippen molar-refractivity contribution in [2.75, 3.05) is 12.3 Å². The molecule has 0 aromatic carbocycles. The van der Waals surface area contributed by atoms with Crippen LogP contribution in [0.15, 0.2) is 4.99 Å². The van der Waals surface area contributed by atoms with Gasteiger partial charge in [0.05, 0.1) is 11.7 Å². The van der Waals surface area contributed by atoms with Gasteiger partial charge in [-0.05, 0) is 24.0 Å². The maximum absolute atomic E-state index is 11.4. The highest BCUT2D eigenvalue weighted by Crippen LogP contribution is 2.29. The minimum Gasteiger partial charge on any atom is -0.232 e. The number of alkyl halides is 3. The van der Waals surface area contributed by atoms with Crippen LogP contribution >= 0.6 is 24.0 Å². The Morgan fingerprint density at radius 2 is 2.10 bits per heavy atom. The smallest absolute Gasteiger partial charge is 0.232 e. The first kappa shape index (κ1) is 9.94. The highest BCUT2D eigenvalue weighted by molar-refractivity contribution is 8.00. The van der Waals surface area contributed by atoms with E-state index in [2.05, 4.69) is 17.2 Å². The summed E-state index contributed by atoms with van der Waals surface area (Å²) in [5.41, 5.74) is -4.16. The van der Waals surface area contributed by atoms with Gasteiger partial charge in [0.2, 0.25) is 0 Å². The van der Waals surface area contributed by atoms with Gasteiger partial charge in [0.25, 0.3) is 0 Å². The lowest BCUT2D eigenvalue weighted by Gasteiger charge is -2.01. The Morgan fingerprint density at radius 1 is 1.50 bits per heavy atom. The van der Waals surface area contributed by atoms with Crippen LogP contribution in [0.25, 0.3) is 0 Å². The first-order chi connectivity index (χ1) is 4.56. The van der Waals surface area contributed by atoms with Gasteiger partial charge in [-0.1, -0.05) is 0 Å². The number of aliphatic imine (C=N–C) groups is 1. The van der Waals surface area contributed by atoms with Crippen molar-refractivity contribution in [2.24, 2.45) is 4.99 Å². The van der Waals surface area contributed by atoms with E-state index in [9.17, 15) is 13.2 Å². The van der Waals surface area contributed by atoms with Gasteiger partial charge in [-0.15, -0.1) is 0 Å². The molecular formula is C4H4F3NS2. The zero-order valence-corrected chi connectivity index (χ0v) is 6.44. The van der Waals surface area contributed by atoms with Crippen molar-refractivity contribution in [1.29, 1.82) is 0 Å². The zero-order valence-electron chi connectivity index (χ0n) is 4.81. The summed E-state index contributed by atoms with van der Waals surface area (Å²) >= 11 is 4.05. The first-order valence-corrected chi connectivity index (χ1v) is 3.70. The number of rotatable bonds is 3. The number of thioether (sulfide) groups is 1. The highest BCUT2D eigenvalue weighted by atomic mass is 32.2. The Labute approximate surface area is 65.7 Å². The average molecular weight is 187 g/mol. The predicted octanol–water partition coefficient (Wildman–Crippen LogP) is 2.34. The summed E-state index contributed by atoms with van der Waals surface area (Å²) in [6.07, 6.45) is 0. The van der Waals surface area contributed by atoms with E-state index in [-0.39, 0.29) is 24.1 Å². The maximum atomic E-state index is 11.4. The molecule has 0 aromatic rings. The molecule has 0 heterocycles. The van der Waals surface area contributed by atoms with Crippen LogP contribution in [0.5, 0.6) is 0 Å². The first-order valence-electron chi connectivity index (χ1n) is 2.30. The molecule has 0 amide bonds. The fourth-order valence-electron chi connectivity index (χ4n) is 0.253. The van der Waals surface area contributed by atoms with E-state index in [1.54, 1.807) is 0 Å². The molecule has 0 bridgehead atoms. The van der Waals surface area contributed by atoms with Gasteiger partial charge in [0, 0.05) is 5.75 Å². The topological polar surface area (TPSA) is 12.4 Å². The van der Waals surface area contributed by atoms with Crippen molar-refractivity contribution in [3.63, 3.8) is 0 Å². The summed E-state index contributed by atoms with van der Waals surface area (Å²) in [6, 6.07) is 0. The maximum Gasteiger partial charge on any atom is 0.441 e. The summed E-state index contributed by atoms with van der Waals surface area (Å²) in [5, 5.41) is 1.98. The summed E-state index contributed by atoms with van der Waals surface area (Å²) in [5.74, 6) is -0.0901. The van der Waals surface area contributed by atoms with Crippen LogP contribution in [-0.4, -0.2) is 23.0 Å². The van der Waals surface area contributed by atoms with E-state index in [1.807, 2.05) is 5.16 Å². The van der Waals surface area contributed by atoms with E-state index in [0.29, 0.717) is 0 Å². The van der Waals surface area contributed by atoms with E-state index < -0.39 is 5.51 Å². The van der Waals surface area contributed by atoms with Crippen LogP contribution < -0.4 is 0 Å². The largest absolute Gasteiger partial charge is 0.441 e. The SMILES string of the molecule is FC(F)(F)SCCN=C=S. The van der Waals surface area contributed by atoms with Crippen LogP contribution in [0.1, 0.15) is 0 Å². The Balaban J connectivity index is 3.28. The van der Waals surface area contributed by atoms with E-state index >= 15 is 0 Å². The number of nitrogens with zero attached hydrogens (tertiary/aromatic N) is 1. The molecule has 58 valence electrons. The van der Waals surface area contributed by atoms with Gasteiger partial charge < -0.3 is 0 Å². The Morgan fingerprint density at radius 3 is 2.50 bits per heavy atom. The van der Waals surface area contributed by atoms with Gasteiger partial charge >= 0.3 is 5.51 Å². The van der Waals surface area contributed by atoms with Gasteiger partial charge in [-0.3, -0.25) is 0 Å². The van der Waals surface area contributed by atoms with Gasteiger partial charge in [-0.2, -0.15) is 13.2 Å². The summed E-state index contributed by atoms with van der Waals surface area (Å²) < 4.78 is 34.1. The molecule has 6 heteroatoms. The molecule has 0 aliphatic carbocycles. The third-order valence-electron chi connectivity index (χ3n) is 0.533. The molecule has 0 N–H and O–H groups in total. The quantitative estimate of drug-likeness (QED) is 0.382. The van der Waals surface area contributed by atoms with Gasteiger partial charge in [-0.25, -0.2) is 4.99 Å². The van der Waals surface area contributed by atoms with Gasteiger partial charge in [0.15, 0.2) is 0 Å². The van der Waals surface area contributed by atoms with E-state index in [0.717, 1.165) is 0 Å². The van der Waals surface area contributed by atoms with Crippen LogP contribution in [-0.2, 0) is 0 Å². The van der Waals surface area contributed by atoms with Crippen LogP contribution in [0, 0.1) is 0 Å². The third kappa shape index (κ3) is 7.94. The predicted molar refractivity (Wildman–Crippen MR) is 38.4 cm³/mol. The fraction of sp³-hybridized carbons (Fsp3) is 0.750. The molecule has 10 heavy (non-hydrogen) atoms. The van der Waals surface area contributed by atoms with Crippen LogP contribution in [0.4, 0.5) is 13.2 Å². The highest BCUT2D eigenvalue weighted by Gasteiger charge is 2.27. The van der Waals surface area contributed by atoms with E-state index in [1.165, 1.54) is 0 Å². The van der Waals surface area contributed by atoms with Crippen molar-refractivity contribution < 1.29 is 13.2 Å². The van der Waals surface area contributed by atoms with E-state index in [4.69, 9.17) is 0 Å². The third-order valence-corrected chi connectivity index (χ3v) is 1.38. The molecule has 0 aliphatic heterocycles. The minimum absolute atomic E-state index is 0.0771. The number of hydrogen-bond acceptors (Lipinski definition) is 3. The second kappa shape index (κ2) is 4.71. The summed E-state index contributed by atoms with van der Waals surface area (Å²) in [7, 11) is 0. The molecule has 0 unspecified atom stereocenters. The molecular weight excluding hydrogens is 183 g/mol. The Kier molecular flexibility index (Phi) is 4.68. The zero-order chi connectivity index (χ0) is 8.04. The number of hydrogen-bond donors (Lipinski definition) is 0. The minimum atomic E-state index is -4.16. The second-order valence-corrected chi connectivity index (χ2v) is 2.61. The summed E-state index contributed by atoms with van der Waals surface area (Å²) in [6.45, 7) is 0.0771. The van der Waals surface area contributed by atoms with Crippen molar-refractivity contribution in [2.45, 2.75) is 5.51 Å². The lowest BCUT2D eigenvalue weighted by molar-refractivity contribution is -0.0327. The Hall–Kier alpha value is -0.0600. The van der Waals surface area contributed by atoms with Crippen LogP contribution in [0.2, 0.25) is 0 Å². The normalized spacial score (nSPS) is 10.7. The molecule has 0 spiro atoms. The lowest BCUT2D eigenvalue weighted by atomic mass is 10.8. The van der Waals surface area contributed by atoms with Crippen molar-refractivity contribution in [3.8, 4) is 0 Å². The number of isothiocyanates is 1. The van der Waals surface area contributed by atoms with Crippen molar-refractivity contribution in [3.05, 3.63) is 0 Å². The fourth-order valence-corrected chi connectivity index (χ4v) is 0.758. The number of halogens is 3. The Bertz CT molecular complexity index is 138. The molecule has 0 saturated heterocycles. The molecule has 0 aromatic heterocycles. The molecule has 0 rings (SSSR count). The standard InChI is InChI=1S/C4H4F3NS2/c5-4(6,7)10-2-1-8-3-9/h1-2H2.